The summed E-state index contributed by atoms with van der Waals surface area (Å²) >= 11 is 0. The second-order valence-electron chi connectivity index (χ2n) is 18.7. The Balaban J connectivity index is 4.49. The molecular weight excluding hydrogens is 841 g/mol. The minimum absolute atomic E-state index is 0.0944. The van der Waals surface area contributed by atoms with Crippen molar-refractivity contribution in [2.24, 2.45) is 0 Å². The van der Waals surface area contributed by atoms with E-state index in [9.17, 15) is 14.4 Å². The van der Waals surface area contributed by atoms with Gasteiger partial charge in [-0.1, -0.05) is 272 Å². The Labute approximate surface area is 419 Å². The van der Waals surface area contributed by atoms with Gasteiger partial charge in [-0.2, -0.15) is 0 Å². The molecule has 0 spiro atoms. The Hall–Kier alpha value is -3.67. The summed E-state index contributed by atoms with van der Waals surface area (Å²) in [5.41, 5.74) is 0. The van der Waals surface area contributed by atoms with E-state index in [1.165, 1.54) is 135 Å². The molecule has 0 aliphatic carbocycles. The smallest absolute Gasteiger partial charge is 0.306 e. The molecule has 0 rings (SSSR count). The molecule has 0 aliphatic heterocycles. The van der Waals surface area contributed by atoms with Crippen LogP contribution in [0, 0.1) is 0 Å². The van der Waals surface area contributed by atoms with Crippen molar-refractivity contribution in [1.82, 2.24) is 0 Å². The van der Waals surface area contributed by atoms with Crippen LogP contribution in [0.5, 0.6) is 0 Å². The molecule has 0 saturated heterocycles. The SMILES string of the molecule is CC\C=C/C=C\C=C/C=C\C=C\C=C/C=C\CCCCCC(=O)OCC(COC(=O)CCCCCCCCCCCCCCC)OC(=O)CCCCCCC/C=C\CCCCCCCCCCC. The van der Waals surface area contributed by atoms with Crippen molar-refractivity contribution in [2.75, 3.05) is 13.2 Å². The summed E-state index contributed by atoms with van der Waals surface area (Å²) < 4.78 is 16.8. The van der Waals surface area contributed by atoms with Crippen molar-refractivity contribution in [3.05, 3.63) is 97.2 Å². The number of ether oxygens (including phenoxy) is 3. The third-order valence-corrected chi connectivity index (χ3v) is 12.0. The molecule has 0 saturated carbocycles. The lowest BCUT2D eigenvalue weighted by Gasteiger charge is -2.18. The number of hydrogen-bond donors (Lipinski definition) is 0. The molecule has 0 fully saturated rings. The van der Waals surface area contributed by atoms with E-state index in [2.05, 4.69) is 45.1 Å². The molecule has 0 aromatic carbocycles. The lowest BCUT2D eigenvalue weighted by molar-refractivity contribution is -0.167. The summed E-state index contributed by atoms with van der Waals surface area (Å²) in [6.45, 7) is 6.46. The topological polar surface area (TPSA) is 78.9 Å². The van der Waals surface area contributed by atoms with Crippen LogP contribution in [-0.2, 0) is 28.6 Å². The minimum atomic E-state index is -0.800. The van der Waals surface area contributed by atoms with Crippen molar-refractivity contribution in [3.63, 3.8) is 0 Å². The largest absolute Gasteiger partial charge is 0.462 e. The van der Waals surface area contributed by atoms with Crippen molar-refractivity contribution >= 4 is 17.9 Å². The molecule has 0 N–H and O–H groups in total. The molecule has 6 heteroatoms. The number of esters is 3. The van der Waals surface area contributed by atoms with Gasteiger partial charge in [0, 0.05) is 19.3 Å². The Kier molecular flexibility index (Phi) is 52.9. The average molecular weight is 946 g/mol. The molecule has 0 amide bonds. The van der Waals surface area contributed by atoms with Gasteiger partial charge in [0.15, 0.2) is 6.10 Å². The first-order valence-corrected chi connectivity index (χ1v) is 28.3. The zero-order valence-electron chi connectivity index (χ0n) is 44.3. The van der Waals surface area contributed by atoms with Crippen molar-refractivity contribution in [3.8, 4) is 0 Å². The molecule has 0 heterocycles. The molecule has 0 radical (unpaired) electrons. The zero-order chi connectivity index (χ0) is 49.3. The van der Waals surface area contributed by atoms with E-state index in [1.54, 1.807) is 0 Å². The second kappa shape index (κ2) is 55.9. The Morgan fingerprint density at radius 3 is 0.956 bits per heavy atom. The van der Waals surface area contributed by atoms with Gasteiger partial charge in [0.1, 0.15) is 13.2 Å². The number of carbonyl (C=O) groups is 3. The number of rotatable bonds is 50. The van der Waals surface area contributed by atoms with Crippen molar-refractivity contribution < 1.29 is 28.6 Å². The highest BCUT2D eigenvalue weighted by molar-refractivity contribution is 5.71. The number of allylic oxidation sites excluding steroid dienone is 16. The van der Waals surface area contributed by atoms with Gasteiger partial charge in [0.2, 0.25) is 0 Å². The fourth-order valence-corrected chi connectivity index (χ4v) is 7.77. The summed E-state index contributed by atoms with van der Waals surface area (Å²) in [7, 11) is 0. The second-order valence-corrected chi connectivity index (χ2v) is 18.7. The fraction of sp³-hybridized carbons (Fsp3) is 0.694. The molecule has 0 bridgehead atoms. The van der Waals surface area contributed by atoms with Crippen LogP contribution >= 0.6 is 0 Å². The highest BCUT2D eigenvalue weighted by atomic mass is 16.6. The van der Waals surface area contributed by atoms with Crippen LogP contribution < -0.4 is 0 Å². The van der Waals surface area contributed by atoms with E-state index in [1.807, 2.05) is 72.9 Å². The van der Waals surface area contributed by atoms with Gasteiger partial charge in [0.25, 0.3) is 0 Å². The van der Waals surface area contributed by atoms with Gasteiger partial charge in [-0.3, -0.25) is 14.4 Å². The first-order valence-electron chi connectivity index (χ1n) is 28.3. The summed E-state index contributed by atoms with van der Waals surface area (Å²) in [4.78, 5) is 38.1. The van der Waals surface area contributed by atoms with Crippen LogP contribution in [0.4, 0.5) is 0 Å². The number of hydrogen-bond acceptors (Lipinski definition) is 6. The van der Waals surface area contributed by atoms with Crippen molar-refractivity contribution in [2.45, 2.75) is 264 Å². The van der Waals surface area contributed by atoms with E-state index in [4.69, 9.17) is 14.2 Å². The van der Waals surface area contributed by atoms with Gasteiger partial charge < -0.3 is 14.2 Å². The van der Waals surface area contributed by atoms with Crippen LogP contribution in [0.2, 0.25) is 0 Å². The molecule has 388 valence electrons. The summed E-state index contributed by atoms with van der Waals surface area (Å²) in [6.07, 6.45) is 73.9. The lowest BCUT2D eigenvalue weighted by Crippen LogP contribution is -2.30. The maximum absolute atomic E-state index is 12.9. The van der Waals surface area contributed by atoms with E-state index in [0.29, 0.717) is 19.3 Å². The average Bonchev–Trinajstić information content (AvgIpc) is 3.34. The highest BCUT2D eigenvalue weighted by Crippen LogP contribution is 2.15. The first-order chi connectivity index (χ1) is 33.5. The van der Waals surface area contributed by atoms with E-state index >= 15 is 0 Å². The minimum Gasteiger partial charge on any atom is -0.462 e. The predicted octanol–water partition coefficient (Wildman–Crippen LogP) is 18.9. The molecule has 1 unspecified atom stereocenters. The molecule has 6 nitrogen and oxygen atoms in total. The van der Waals surface area contributed by atoms with E-state index in [-0.39, 0.29) is 31.1 Å². The van der Waals surface area contributed by atoms with E-state index < -0.39 is 6.10 Å². The van der Waals surface area contributed by atoms with Gasteiger partial charge >= 0.3 is 17.9 Å². The van der Waals surface area contributed by atoms with Gasteiger partial charge in [-0.15, -0.1) is 0 Å². The van der Waals surface area contributed by atoms with Crippen LogP contribution in [0.3, 0.4) is 0 Å². The Morgan fingerprint density at radius 2 is 0.588 bits per heavy atom. The highest BCUT2D eigenvalue weighted by Gasteiger charge is 2.19. The predicted molar refractivity (Wildman–Crippen MR) is 293 cm³/mol. The van der Waals surface area contributed by atoms with Gasteiger partial charge in [-0.05, 0) is 64.2 Å². The van der Waals surface area contributed by atoms with Gasteiger partial charge in [-0.25, -0.2) is 0 Å². The molecular formula is C62H104O6. The molecule has 68 heavy (non-hydrogen) atoms. The normalized spacial score (nSPS) is 12.8. The maximum atomic E-state index is 12.9. The van der Waals surface area contributed by atoms with E-state index in [0.717, 1.165) is 83.5 Å². The molecule has 0 aromatic heterocycles. The maximum Gasteiger partial charge on any atom is 0.306 e. The van der Waals surface area contributed by atoms with Crippen molar-refractivity contribution in [1.29, 1.82) is 0 Å². The zero-order valence-corrected chi connectivity index (χ0v) is 44.3. The first kappa shape index (κ1) is 64.3. The molecule has 0 aliphatic rings. The van der Waals surface area contributed by atoms with Gasteiger partial charge in [0.05, 0.1) is 0 Å². The fourth-order valence-electron chi connectivity index (χ4n) is 7.77. The van der Waals surface area contributed by atoms with Crippen LogP contribution in [-0.4, -0.2) is 37.2 Å². The van der Waals surface area contributed by atoms with Crippen LogP contribution in [0.25, 0.3) is 0 Å². The summed E-state index contributed by atoms with van der Waals surface area (Å²) in [6, 6.07) is 0. The van der Waals surface area contributed by atoms with Crippen LogP contribution in [0.1, 0.15) is 258 Å². The Morgan fingerprint density at radius 1 is 0.309 bits per heavy atom. The quantitative estimate of drug-likeness (QED) is 0.0199. The third-order valence-electron chi connectivity index (χ3n) is 12.0. The standard InChI is InChI=1S/C62H104O6/c1-4-7-10-13-16-19-22-25-27-29-31-33-34-37-40-43-46-49-52-55-61(64)67-58-59(57-66-60(63)54-51-48-45-42-39-36-24-21-18-15-12-9-6-3)68-62(65)56-53-50-47-44-41-38-35-32-30-28-26-23-20-17-14-11-8-5-2/h7,10,13,16,19,22,25,27,29,31-35,37,40,59H,4-6,8-9,11-12,14-15,17-18,20-21,23-24,26,28,30,36,38-39,41-58H2,1-3H3/b10-7-,16-13-,22-19-,27-25-,31-29+,34-33-,35-32-,40-37-. The number of unbranched alkanes of at least 4 members (excludes halogenated alkanes) is 29. The third kappa shape index (κ3) is 53.3. The summed E-state index contributed by atoms with van der Waals surface area (Å²) in [5, 5.41) is 0. The summed E-state index contributed by atoms with van der Waals surface area (Å²) in [5.74, 6) is -0.945. The lowest BCUT2D eigenvalue weighted by atomic mass is 10.0. The number of carbonyl (C=O) groups excluding carboxylic acids is 3. The van der Waals surface area contributed by atoms with Crippen LogP contribution in [0.15, 0.2) is 97.2 Å². The monoisotopic (exact) mass is 945 g/mol. The Bertz CT molecular complexity index is 1360. The molecule has 0 aromatic rings. The molecule has 1 atom stereocenters.